The fraction of sp³-hybridized carbons (Fsp3) is 0.370. The minimum Gasteiger partial charge on any atom is -0.427 e. The molecular formula is C27H30BrNO4. The second-order valence-electron chi connectivity index (χ2n) is 9.42. The monoisotopic (exact) mass is 511 g/mol. The number of ether oxygens (including phenoxy) is 2. The summed E-state index contributed by atoms with van der Waals surface area (Å²) in [5.41, 5.74) is 1.73. The number of nitrogens with zero attached hydrogens (tertiary/aromatic N) is 1. The summed E-state index contributed by atoms with van der Waals surface area (Å²) in [5, 5.41) is 4.07. The minimum atomic E-state index is -0.684. The Kier molecular flexibility index (Phi) is 7.37. The molecule has 0 bridgehead atoms. The lowest BCUT2D eigenvalue weighted by molar-refractivity contribution is -0.179. The second kappa shape index (κ2) is 10.2. The number of piperidine rings is 1. The van der Waals surface area contributed by atoms with Crippen molar-refractivity contribution in [1.82, 2.24) is 5.06 Å². The van der Waals surface area contributed by atoms with Crippen LogP contribution in [0.1, 0.15) is 44.2 Å². The lowest BCUT2D eigenvalue weighted by atomic mass is 9.87. The van der Waals surface area contributed by atoms with Crippen LogP contribution in [-0.4, -0.2) is 36.0 Å². The van der Waals surface area contributed by atoms with Gasteiger partial charge in [0.05, 0.1) is 19.3 Å². The van der Waals surface area contributed by atoms with E-state index in [4.69, 9.17) is 14.3 Å². The van der Waals surface area contributed by atoms with Gasteiger partial charge in [-0.2, -0.15) is 0 Å². The molecule has 3 aromatic carbocycles. The molecule has 5 nitrogen and oxygen atoms in total. The Balaban J connectivity index is 1.48. The van der Waals surface area contributed by atoms with Gasteiger partial charge in [0.1, 0.15) is 5.60 Å². The number of carbonyl (C=O) groups is 1. The molecule has 0 aromatic heterocycles. The molecule has 174 valence electrons. The number of hydroxylamine groups is 2. The van der Waals surface area contributed by atoms with Gasteiger partial charge in [-0.1, -0.05) is 64.5 Å². The number of benzene rings is 3. The molecule has 3 aromatic rings. The molecule has 1 aliphatic heterocycles. The van der Waals surface area contributed by atoms with Crippen LogP contribution in [-0.2, 0) is 20.9 Å². The highest BCUT2D eigenvalue weighted by atomic mass is 79.9. The van der Waals surface area contributed by atoms with Gasteiger partial charge in [0.15, 0.2) is 0 Å². The second-order valence-corrected chi connectivity index (χ2v) is 10.3. The van der Waals surface area contributed by atoms with Gasteiger partial charge >= 0.3 is 6.16 Å². The van der Waals surface area contributed by atoms with Crippen molar-refractivity contribution in [3.8, 4) is 0 Å². The van der Waals surface area contributed by atoms with Crippen molar-refractivity contribution >= 4 is 32.9 Å². The molecule has 1 saturated heterocycles. The number of halogens is 1. The molecule has 0 spiro atoms. The zero-order valence-corrected chi connectivity index (χ0v) is 20.9. The number of rotatable bonds is 5. The molecule has 33 heavy (non-hydrogen) atoms. The van der Waals surface area contributed by atoms with Crippen molar-refractivity contribution < 1.29 is 19.1 Å². The number of fused-ring (bicyclic) bond motifs is 1. The molecule has 0 N–H and O–H groups in total. The van der Waals surface area contributed by atoms with Crippen LogP contribution in [0.2, 0.25) is 0 Å². The van der Waals surface area contributed by atoms with Crippen LogP contribution in [0.3, 0.4) is 0 Å². The van der Waals surface area contributed by atoms with Crippen LogP contribution in [0, 0.1) is 0 Å². The Hall–Kier alpha value is -2.41. The molecule has 1 heterocycles. The first-order chi connectivity index (χ1) is 15.8. The van der Waals surface area contributed by atoms with Crippen molar-refractivity contribution in [3.05, 3.63) is 82.3 Å². The van der Waals surface area contributed by atoms with Gasteiger partial charge < -0.3 is 14.3 Å². The maximum atomic E-state index is 12.2. The molecular weight excluding hydrogens is 482 g/mol. The summed E-state index contributed by atoms with van der Waals surface area (Å²) in [5.74, 6) is 0.196. The summed E-state index contributed by atoms with van der Waals surface area (Å²) in [6, 6.07) is 23.0. The standard InChI is InChI=1S/C27H30BrNO4/c1-27(2,3)32-26(30)33-29-14-13-24(22-9-6-10-23(28)16-22)25(17-29)31-18-19-11-12-20-7-4-5-8-21(20)15-19/h4-12,15-16,24-25H,13-14,17-18H2,1-3H3. The summed E-state index contributed by atoms with van der Waals surface area (Å²) in [6.45, 7) is 7.05. The van der Waals surface area contributed by atoms with Gasteiger partial charge in [0.25, 0.3) is 0 Å². The van der Waals surface area contributed by atoms with Crippen LogP contribution < -0.4 is 0 Å². The number of hydrogen-bond donors (Lipinski definition) is 0. The number of hydrogen-bond acceptors (Lipinski definition) is 5. The lowest BCUT2D eigenvalue weighted by Gasteiger charge is -2.37. The topological polar surface area (TPSA) is 48.0 Å². The Morgan fingerprint density at radius 1 is 1.03 bits per heavy atom. The van der Waals surface area contributed by atoms with E-state index in [2.05, 4.69) is 58.4 Å². The van der Waals surface area contributed by atoms with E-state index in [1.807, 2.05) is 45.0 Å². The van der Waals surface area contributed by atoms with Crippen molar-refractivity contribution in [1.29, 1.82) is 0 Å². The summed E-state index contributed by atoms with van der Waals surface area (Å²) >= 11 is 3.58. The largest absolute Gasteiger partial charge is 0.528 e. The molecule has 1 aliphatic rings. The third kappa shape index (κ3) is 6.56. The smallest absolute Gasteiger partial charge is 0.427 e. The highest BCUT2D eigenvalue weighted by molar-refractivity contribution is 9.10. The molecule has 4 rings (SSSR count). The average molecular weight is 512 g/mol. The highest BCUT2D eigenvalue weighted by Crippen LogP contribution is 2.33. The first-order valence-corrected chi connectivity index (χ1v) is 12.1. The van der Waals surface area contributed by atoms with E-state index in [-0.39, 0.29) is 12.0 Å². The van der Waals surface area contributed by atoms with Gasteiger partial charge in [-0.15, -0.1) is 5.06 Å². The fourth-order valence-corrected chi connectivity index (χ4v) is 4.58. The molecule has 2 unspecified atom stereocenters. The van der Waals surface area contributed by atoms with Crippen molar-refractivity contribution in [2.45, 2.75) is 51.4 Å². The Morgan fingerprint density at radius 2 is 1.82 bits per heavy atom. The molecule has 0 radical (unpaired) electrons. The Labute approximate surface area is 203 Å². The fourth-order valence-electron chi connectivity index (χ4n) is 4.16. The van der Waals surface area contributed by atoms with Gasteiger partial charge in [-0.05, 0) is 67.3 Å². The Bertz CT molecular complexity index is 1110. The average Bonchev–Trinajstić information content (AvgIpc) is 2.76. The van der Waals surface area contributed by atoms with Crippen LogP contribution in [0.15, 0.2) is 71.2 Å². The Morgan fingerprint density at radius 3 is 2.58 bits per heavy atom. The SMILES string of the molecule is CC(C)(C)OC(=O)ON1CCC(c2cccc(Br)c2)C(OCc2ccc3ccccc3c2)C1. The van der Waals surface area contributed by atoms with Crippen molar-refractivity contribution in [3.63, 3.8) is 0 Å². The molecule has 2 atom stereocenters. The first-order valence-electron chi connectivity index (χ1n) is 11.3. The molecule has 0 aliphatic carbocycles. The quantitative estimate of drug-likeness (QED) is 0.350. The van der Waals surface area contributed by atoms with Gasteiger partial charge in [0, 0.05) is 16.9 Å². The molecule has 1 fully saturated rings. The normalized spacial score (nSPS) is 19.4. The third-order valence-electron chi connectivity index (χ3n) is 5.67. The van der Waals surface area contributed by atoms with E-state index in [0.717, 1.165) is 16.5 Å². The predicted octanol–water partition coefficient (Wildman–Crippen LogP) is 6.84. The van der Waals surface area contributed by atoms with Crippen molar-refractivity contribution in [2.24, 2.45) is 0 Å². The molecule has 0 amide bonds. The van der Waals surface area contributed by atoms with E-state index in [9.17, 15) is 4.79 Å². The summed E-state index contributed by atoms with van der Waals surface area (Å²) in [4.78, 5) is 17.7. The maximum Gasteiger partial charge on any atom is 0.528 e. The van der Waals surface area contributed by atoms with Gasteiger partial charge in [-0.25, -0.2) is 4.79 Å². The highest BCUT2D eigenvalue weighted by Gasteiger charge is 2.34. The predicted molar refractivity (Wildman–Crippen MR) is 133 cm³/mol. The van der Waals surface area contributed by atoms with E-state index in [0.29, 0.717) is 19.7 Å². The van der Waals surface area contributed by atoms with Crippen LogP contribution in [0.5, 0.6) is 0 Å². The van der Waals surface area contributed by atoms with Gasteiger partial charge in [-0.3, -0.25) is 0 Å². The molecule has 6 heteroatoms. The summed E-state index contributed by atoms with van der Waals surface area (Å²) in [6.07, 6.45) is -0.0135. The van der Waals surface area contributed by atoms with E-state index in [1.54, 1.807) is 5.06 Å². The van der Waals surface area contributed by atoms with Crippen LogP contribution >= 0.6 is 15.9 Å². The van der Waals surface area contributed by atoms with Crippen LogP contribution in [0.25, 0.3) is 10.8 Å². The first kappa shape index (κ1) is 23.7. The van der Waals surface area contributed by atoms with E-state index in [1.165, 1.54) is 16.3 Å². The summed E-state index contributed by atoms with van der Waals surface area (Å²) in [7, 11) is 0. The van der Waals surface area contributed by atoms with Gasteiger partial charge in [0.2, 0.25) is 0 Å². The minimum absolute atomic E-state index is 0.137. The maximum absolute atomic E-state index is 12.2. The molecule has 0 saturated carbocycles. The third-order valence-corrected chi connectivity index (χ3v) is 6.16. The number of carbonyl (C=O) groups excluding carboxylic acids is 1. The lowest BCUT2D eigenvalue weighted by Crippen LogP contribution is -2.45. The van der Waals surface area contributed by atoms with Crippen LogP contribution in [0.4, 0.5) is 4.79 Å². The van der Waals surface area contributed by atoms with E-state index >= 15 is 0 Å². The summed E-state index contributed by atoms with van der Waals surface area (Å²) < 4.78 is 12.8. The van der Waals surface area contributed by atoms with Crippen molar-refractivity contribution in [2.75, 3.05) is 13.1 Å². The van der Waals surface area contributed by atoms with E-state index < -0.39 is 11.8 Å². The zero-order chi connectivity index (χ0) is 23.4. The zero-order valence-electron chi connectivity index (χ0n) is 19.3.